The molecule has 1 amide bonds. The summed E-state index contributed by atoms with van der Waals surface area (Å²) in [6.07, 6.45) is 1.10. The number of hydrogen-bond acceptors (Lipinski definition) is 4. The van der Waals surface area contributed by atoms with Crippen molar-refractivity contribution in [2.24, 2.45) is 0 Å². The van der Waals surface area contributed by atoms with Crippen LogP contribution in [0.25, 0.3) is 0 Å². The van der Waals surface area contributed by atoms with Gasteiger partial charge in [0.2, 0.25) is 0 Å². The number of morpholine rings is 1. The van der Waals surface area contributed by atoms with Crippen LogP contribution in [0.15, 0.2) is 11.0 Å². The van der Waals surface area contributed by atoms with E-state index in [0.29, 0.717) is 13.2 Å². The van der Waals surface area contributed by atoms with Crippen molar-refractivity contribution in [3.63, 3.8) is 0 Å². The number of H-pyrrole nitrogens is 2. The summed E-state index contributed by atoms with van der Waals surface area (Å²) in [6, 6.07) is -0.512. The number of carboxylic acid groups (broad SMARTS) is 1. The highest BCUT2D eigenvalue weighted by atomic mass is 16.5. The van der Waals surface area contributed by atoms with Crippen LogP contribution in [-0.4, -0.2) is 57.7 Å². The summed E-state index contributed by atoms with van der Waals surface area (Å²) in [7, 11) is 0. The first kappa shape index (κ1) is 12.4. The second-order valence-corrected chi connectivity index (χ2v) is 3.98. The van der Waals surface area contributed by atoms with Crippen molar-refractivity contribution >= 4 is 11.9 Å². The number of aliphatic carboxylic acids is 1. The van der Waals surface area contributed by atoms with Crippen molar-refractivity contribution in [2.45, 2.75) is 12.5 Å². The Balaban J connectivity index is 2.15. The molecule has 0 aromatic carbocycles. The van der Waals surface area contributed by atoms with E-state index >= 15 is 0 Å². The van der Waals surface area contributed by atoms with Gasteiger partial charge in [-0.3, -0.25) is 9.59 Å². The van der Waals surface area contributed by atoms with Crippen LogP contribution in [0.4, 0.5) is 0 Å². The highest BCUT2D eigenvalue weighted by molar-refractivity contribution is 5.92. The minimum atomic E-state index is -0.995. The monoisotopic (exact) mass is 255 g/mol. The fourth-order valence-corrected chi connectivity index (χ4v) is 1.89. The van der Waals surface area contributed by atoms with Gasteiger partial charge in [0.25, 0.3) is 5.91 Å². The first-order valence-corrected chi connectivity index (χ1v) is 5.46. The topological polar surface area (TPSA) is 115 Å². The first-order valence-electron chi connectivity index (χ1n) is 5.46. The van der Waals surface area contributed by atoms with E-state index < -0.39 is 23.6 Å². The molecule has 2 rings (SSSR count). The number of nitrogens with zero attached hydrogens (tertiary/aromatic N) is 1. The van der Waals surface area contributed by atoms with Crippen molar-refractivity contribution < 1.29 is 19.4 Å². The molecule has 18 heavy (non-hydrogen) atoms. The molecule has 1 aromatic rings. The van der Waals surface area contributed by atoms with Crippen LogP contribution in [0.2, 0.25) is 0 Å². The standard InChI is InChI=1S/C10H13N3O5/c14-8(15)3-6-5-18-2-1-13(6)9(16)7-4-11-10(17)12-7/h4,6H,1-3,5H2,(H,14,15)(H2,11,12,17). The van der Waals surface area contributed by atoms with E-state index in [1.807, 2.05) is 0 Å². The van der Waals surface area contributed by atoms with Crippen LogP contribution >= 0.6 is 0 Å². The van der Waals surface area contributed by atoms with Gasteiger partial charge in [-0.05, 0) is 0 Å². The number of carbonyl (C=O) groups is 2. The Kier molecular flexibility index (Phi) is 3.47. The van der Waals surface area contributed by atoms with Gasteiger partial charge in [0, 0.05) is 12.7 Å². The lowest BCUT2D eigenvalue weighted by molar-refractivity contribution is -0.139. The quantitative estimate of drug-likeness (QED) is 0.642. The maximum atomic E-state index is 12.1. The Morgan fingerprint density at radius 3 is 2.94 bits per heavy atom. The zero-order valence-electron chi connectivity index (χ0n) is 9.51. The Bertz CT molecular complexity index is 506. The number of carbonyl (C=O) groups excluding carboxylic acids is 1. The molecule has 1 aliphatic heterocycles. The number of ether oxygens (including phenoxy) is 1. The van der Waals surface area contributed by atoms with Crippen LogP contribution in [-0.2, 0) is 9.53 Å². The second-order valence-electron chi connectivity index (χ2n) is 3.98. The van der Waals surface area contributed by atoms with Crippen LogP contribution in [0, 0.1) is 0 Å². The molecule has 1 aromatic heterocycles. The summed E-state index contributed by atoms with van der Waals surface area (Å²) < 4.78 is 5.17. The predicted molar refractivity (Wildman–Crippen MR) is 59.3 cm³/mol. The molecule has 0 radical (unpaired) electrons. The number of carboxylic acids is 1. The van der Waals surface area contributed by atoms with Gasteiger partial charge in [-0.2, -0.15) is 0 Å². The molecule has 0 spiro atoms. The number of amides is 1. The van der Waals surface area contributed by atoms with Crippen molar-refractivity contribution in [3.8, 4) is 0 Å². The first-order chi connectivity index (χ1) is 8.58. The van der Waals surface area contributed by atoms with Gasteiger partial charge in [0.15, 0.2) is 0 Å². The molecule has 98 valence electrons. The summed E-state index contributed by atoms with van der Waals surface area (Å²) >= 11 is 0. The van der Waals surface area contributed by atoms with E-state index in [2.05, 4.69) is 9.97 Å². The number of rotatable bonds is 3. The molecule has 1 atom stereocenters. The molecule has 0 saturated carbocycles. The summed E-state index contributed by atoms with van der Waals surface area (Å²) in [6.45, 7) is 0.854. The number of hydrogen-bond donors (Lipinski definition) is 3. The average molecular weight is 255 g/mol. The Labute approximate surface area is 102 Å². The van der Waals surface area contributed by atoms with Gasteiger partial charge in [-0.25, -0.2) is 4.79 Å². The lowest BCUT2D eigenvalue weighted by atomic mass is 10.1. The number of aromatic amines is 2. The molecule has 2 heterocycles. The molecule has 1 unspecified atom stereocenters. The number of nitrogens with one attached hydrogen (secondary N) is 2. The van der Waals surface area contributed by atoms with Gasteiger partial charge in [-0.1, -0.05) is 0 Å². The average Bonchev–Trinajstić information content (AvgIpc) is 2.75. The van der Waals surface area contributed by atoms with E-state index in [0.717, 1.165) is 0 Å². The lowest BCUT2D eigenvalue weighted by Crippen LogP contribution is -2.49. The van der Waals surface area contributed by atoms with Gasteiger partial charge in [0.05, 0.1) is 25.7 Å². The minimum absolute atomic E-state index is 0.122. The van der Waals surface area contributed by atoms with Gasteiger partial charge < -0.3 is 24.7 Å². The highest BCUT2D eigenvalue weighted by Crippen LogP contribution is 2.13. The Morgan fingerprint density at radius 1 is 1.56 bits per heavy atom. The fourth-order valence-electron chi connectivity index (χ4n) is 1.89. The molecular formula is C10H13N3O5. The maximum absolute atomic E-state index is 12.1. The number of imidazole rings is 1. The minimum Gasteiger partial charge on any atom is -0.481 e. The normalized spacial score (nSPS) is 19.8. The Hall–Kier alpha value is -2.09. The Morgan fingerprint density at radius 2 is 2.33 bits per heavy atom. The van der Waals surface area contributed by atoms with E-state index in [1.165, 1.54) is 11.1 Å². The molecular weight excluding hydrogens is 242 g/mol. The third kappa shape index (κ3) is 2.59. The van der Waals surface area contributed by atoms with E-state index in [1.54, 1.807) is 0 Å². The lowest BCUT2D eigenvalue weighted by Gasteiger charge is -2.34. The maximum Gasteiger partial charge on any atom is 0.323 e. The summed E-state index contributed by atoms with van der Waals surface area (Å²) in [5, 5.41) is 8.78. The van der Waals surface area contributed by atoms with Gasteiger partial charge in [0.1, 0.15) is 5.69 Å². The highest BCUT2D eigenvalue weighted by Gasteiger charge is 2.30. The summed E-state index contributed by atoms with van der Waals surface area (Å²) in [4.78, 5) is 39.9. The van der Waals surface area contributed by atoms with Gasteiger partial charge >= 0.3 is 11.7 Å². The second kappa shape index (κ2) is 5.05. The fraction of sp³-hybridized carbons (Fsp3) is 0.500. The molecule has 8 heteroatoms. The molecule has 0 bridgehead atoms. The molecule has 1 fully saturated rings. The third-order valence-electron chi connectivity index (χ3n) is 2.72. The largest absolute Gasteiger partial charge is 0.481 e. The van der Waals surface area contributed by atoms with Crippen molar-refractivity contribution in [2.75, 3.05) is 19.8 Å². The van der Waals surface area contributed by atoms with Crippen LogP contribution in [0.3, 0.4) is 0 Å². The summed E-state index contributed by atoms with van der Waals surface area (Å²) in [5.41, 5.74) is -0.348. The number of aromatic nitrogens is 2. The van der Waals surface area contributed by atoms with E-state index in [9.17, 15) is 14.4 Å². The molecule has 1 aliphatic rings. The van der Waals surface area contributed by atoms with Crippen molar-refractivity contribution in [3.05, 3.63) is 22.4 Å². The van der Waals surface area contributed by atoms with Crippen LogP contribution in [0.1, 0.15) is 16.9 Å². The predicted octanol–water partition coefficient (Wildman–Crippen LogP) is -0.981. The van der Waals surface area contributed by atoms with Crippen molar-refractivity contribution in [1.29, 1.82) is 0 Å². The van der Waals surface area contributed by atoms with Gasteiger partial charge in [-0.15, -0.1) is 0 Å². The van der Waals surface area contributed by atoms with E-state index in [-0.39, 0.29) is 18.7 Å². The zero-order valence-corrected chi connectivity index (χ0v) is 9.51. The molecule has 3 N–H and O–H groups in total. The third-order valence-corrected chi connectivity index (χ3v) is 2.72. The zero-order chi connectivity index (χ0) is 13.1. The van der Waals surface area contributed by atoms with Crippen LogP contribution < -0.4 is 5.69 Å². The SMILES string of the molecule is O=C(O)CC1COCCN1C(=O)c1c[nH]c(=O)[nH]1. The molecule has 8 nitrogen and oxygen atoms in total. The van der Waals surface area contributed by atoms with E-state index in [4.69, 9.17) is 9.84 Å². The molecule has 1 saturated heterocycles. The molecule has 0 aliphatic carbocycles. The van der Waals surface area contributed by atoms with Crippen molar-refractivity contribution in [1.82, 2.24) is 14.9 Å². The summed E-state index contributed by atoms with van der Waals surface area (Å²) in [5.74, 6) is -1.39. The van der Waals surface area contributed by atoms with Crippen LogP contribution in [0.5, 0.6) is 0 Å². The smallest absolute Gasteiger partial charge is 0.323 e.